The van der Waals surface area contributed by atoms with Crippen molar-refractivity contribution in [2.45, 2.75) is 34.3 Å². The fourth-order valence-electron chi connectivity index (χ4n) is 2.56. The van der Waals surface area contributed by atoms with Gasteiger partial charge in [-0.1, -0.05) is 67.7 Å². The highest BCUT2D eigenvalue weighted by Crippen LogP contribution is 2.33. The van der Waals surface area contributed by atoms with E-state index in [1.54, 1.807) is 34.9 Å². The average molecular weight is 399 g/mol. The number of thiazole rings is 1. The quantitative estimate of drug-likeness (QED) is 0.392. The molecule has 0 amide bonds. The van der Waals surface area contributed by atoms with Crippen LogP contribution in [0.2, 0.25) is 0 Å². The summed E-state index contributed by atoms with van der Waals surface area (Å²) in [5, 5.41) is 10.3. The van der Waals surface area contributed by atoms with Gasteiger partial charge < -0.3 is 0 Å². The highest BCUT2D eigenvalue weighted by Gasteiger charge is 2.16. The van der Waals surface area contributed by atoms with Crippen molar-refractivity contribution < 1.29 is 0 Å². The van der Waals surface area contributed by atoms with Gasteiger partial charge in [0.1, 0.15) is 5.82 Å². The minimum Gasteiger partial charge on any atom is -0.273 e. The van der Waals surface area contributed by atoms with E-state index in [2.05, 4.69) is 58.9 Å². The second-order valence-corrected chi connectivity index (χ2v) is 9.77. The molecule has 4 nitrogen and oxygen atoms in total. The van der Waals surface area contributed by atoms with Gasteiger partial charge in [-0.05, 0) is 24.3 Å². The Morgan fingerprint density at radius 1 is 1.00 bits per heavy atom. The van der Waals surface area contributed by atoms with E-state index in [0.29, 0.717) is 5.25 Å². The standard InChI is InChI=1S/C19H18N4S3/c1-13(2)25-18-22-21-17(23(18)14-8-4-3-5-9-14)12-24-19-20-15-10-6-7-11-16(15)26-19/h3-11,13H,12H2,1-2H3. The molecule has 0 atom stereocenters. The third-order valence-corrected chi connectivity index (χ3v) is 6.78. The first-order valence-electron chi connectivity index (χ1n) is 8.35. The molecule has 4 rings (SSSR count). The predicted molar refractivity (Wildman–Crippen MR) is 112 cm³/mol. The Hall–Kier alpha value is -1.83. The maximum absolute atomic E-state index is 4.70. The van der Waals surface area contributed by atoms with Crippen LogP contribution in [-0.4, -0.2) is 25.0 Å². The molecule has 2 aromatic heterocycles. The second-order valence-electron chi connectivity index (χ2n) is 5.97. The van der Waals surface area contributed by atoms with Crippen molar-refractivity contribution in [3.63, 3.8) is 0 Å². The first-order valence-corrected chi connectivity index (χ1v) is 11.0. The lowest BCUT2D eigenvalue weighted by Crippen LogP contribution is -2.03. The van der Waals surface area contributed by atoms with Crippen LogP contribution in [0.4, 0.5) is 0 Å². The van der Waals surface area contributed by atoms with Crippen molar-refractivity contribution in [3.8, 4) is 5.69 Å². The smallest absolute Gasteiger partial charge is 0.196 e. The molecule has 0 bridgehead atoms. The number of aromatic nitrogens is 4. The topological polar surface area (TPSA) is 43.6 Å². The molecule has 2 aromatic carbocycles. The third-order valence-electron chi connectivity index (χ3n) is 3.65. The summed E-state index contributed by atoms with van der Waals surface area (Å²) in [4.78, 5) is 4.70. The summed E-state index contributed by atoms with van der Waals surface area (Å²) in [5.41, 5.74) is 2.15. The molecule has 0 aliphatic rings. The third kappa shape index (κ3) is 3.79. The Kier molecular flexibility index (Phi) is 5.28. The van der Waals surface area contributed by atoms with Crippen LogP contribution in [0.25, 0.3) is 15.9 Å². The minimum absolute atomic E-state index is 0.450. The second kappa shape index (κ2) is 7.82. The van der Waals surface area contributed by atoms with E-state index < -0.39 is 0 Å². The van der Waals surface area contributed by atoms with Crippen LogP contribution in [0.1, 0.15) is 19.7 Å². The molecule has 4 aromatic rings. The molecule has 0 saturated heterocycles. The van der Waals surface area contributed by atoms with E-state index in [0.717, 1.165) is 32.3 Å². The number of benzene rings is 2. The summed E-state index contributed by atoms with van der Waals surface area (Å²) >= 11 is 5.17. The summed E-state index contributed by atoms with van der Waals surface area (Å²) in [6.45, 7) is 4.34. The van der Waals surface area contributed by atoms with Crippen molar-refractivity contribution in [2.24, 2.45) is 0 Å². The lowest BCUT2D eigenvalue weighted by atomic mass is 10.3. The molecule has 0 saturated carbocycles. The number of hydrogen-bond donors (Lipinski definition) is 0. The molecule has 0 N–H and O–H groups in total. The van der Waals surface area contributed by atoms with E-state index in [9.17, 15) is 0 Å². The van der Waals surface area contributed by atoms with Crippen LogP contribution in [-0.2, 0) is 5.75 Å². The Balaban J connectivity index is 1.62. The number of para-hydroxylation sites is 2. The molecule has 7 heteroatoms. The van der Waals surface area contributed by atoms with Gasteiger partial charge in [-0.3, -0.25) is 4.57 Å². The Morgan fingerprint density at radius 2 is 1.77 bits per heavy atom. The predicted octanol–water partition coefficient (Wildman–Crippen LogP) is 5.67. The molecule has 132 valence electrons. The van der Waals surface area contributed by atoms with Crippen LogP contribution in [0.15, 0.2) is 64.1 Å². The first-order chi connectivity index (χ1) is 12.7. The van der Waals surface area contributed by atoms with E-state index >= 15 is 0 Å². The van der Waals surface area contributed by atoms with Gasteiger partial charge in [-0.15, -0.1) is 21.5 Å². The fraction of sp³-hybridized carbons (Fsp3) is 0.211. The monoisotopic (exact) mass is 398 g/mol. The number of fused-ring (bicyclic) bond motifs is 1. The Bertz CT molecular complexity index is 975. The maximum Gasteiger partial charge on any atom is 0.196 e. The van der Waals surface area contributed by atoms with Crippen LogP contribution < -0.4 is 0 Å². The first kappa shape index (κ1) is 17.6. The Labute approximate surface area is 165 Å². The number of nitrogens with zero attached hydrogens (tertiary/aromatic N) is 4. The van der Waals surface area contributed by atoms with Gasteiger partial charge >= 0.3 is 0 Å². The lowest BCUT2D eigenvalue weighted by Gasteiger charge is -2.10. The van der Waals surface area contributed by atoms with Crippen molar-refractivity contribution in [3.05, 3.63) is 60.4 Å². The van der Waals surface area contributed by atoms with E-state index in [1.165, 1.54) is 4.70 Å². The molecular weight excluding hydrogens is 380 g/mol. The van der Waals surface area contributed by atoms with E-state index in [1.807, 2.05) is 24.3 Å². The zero-order chi connectivity index (χ0) is 17.9. The van der Waals surface area contributed by atoms with Crippen molar-refractivity contribution in [2.75, 3.05) is 0 Å². The molecule has 0 fully saturated rings. The van der Waals surface area contributed by atoms with Gasteiger partial charge in [-0.25, -0.2) is 4.98 Å². The SMILES string of the molecule is CC(C)Sc1nnc(CSc2nc3ccccc3s2)n1-c1ccccc1. The van der Waals surface area contributed by atoms with E-state index in [-0.39, 0.29) is 0 Å². The van der Waals surface area contributed by atoms with Crippen LogP contribution >= 0.6 is 34.9 Å². The molecule has 0 aliphatic carbocycles. The van der Waals surface area contributed by atoms with Crippen LogP contribution in [0.5, 0.6) is 0 Å². The zero-order valence-corrected chi connectivity index (χ0v) is 16.9. The van der Waals surface area contributed by atoms with Gasteiger partial charge in [0.05, 0.1) is 16.0 Å². The van der Waals surface area contributed by atoms with Crippen LogP contribution in [0, 0.1) is 0 Å². The summed E-state index contributed by atoms with van der Waals surface area (Å²) < 4.78 is 4.44. The molecule has 0 radical (unpaired) electrons. The van der Waals surface area contributed by atoms with E-state index in [4.69, 9.17) is 4.98 Å². The van der Waals surface area contributed by atoms with Gasteiger partial charge in [0.25, 0.3) is 0 Å². The number of hydrogen-bond acceptors (Lipinski definition) is 6. The largest absolute Gasteiger partial charge is 0.273 e. The van der Waals surface area contributed by atoms with Gasteiger partial charge in [0.15, 0.2) is 9.50 Å². The molecule has 2 heterocycles. The highest BCUT2D eigenvalue weighted by molar-refractivity contribution is 8.00. The van der Waals surface area contributed by atoms with Crippen LogP contribution in [0.3, 0.4) is 0 Å². The molecular formula is C19H18N4S3. The molecule has 0 spiro atoms. The lowest BCUT2D eigenvalue weighted by molar-refractivity contribution is 0.859. The average Bonchev–Trinajstić information content (AvgIpc) is 3.23. The summed E-state index contributed by atoms with van der Waals surface area (Å²) in [7, 11) is 0. The minimum atomic E-state index is 0.450. The van der Waals surface area contributed by atoms with Crippen molar-refractivity contribution in [1.82, 2.24) is 19.7 Å². The Morgan fingerprint density at radius 3 is 2.54 bits per heavy atom. The summed E-state index contributed by atoms with van der Waals surface area (Å²) in [6, 6.07) is 18.6. The van der Waals surface area contributed by atoms with Gasteiger partial charge in [0.2, 0.25) is 0 Å². The van der Waals surface area contributed by atoms with Crippen molar-refractivity contribution >= 4 is 45.1 Å². The van der Waals surface area contributed by atoms with Crippen molar-refractivity contribution in [1.29, 1.82) is 0 Å². The fourth-order valence-corrected chi connectivity index (χ4v) is 5.36. The highest BCUT2D eigenvalue weighted by atomic mass is 32.2. The zero-order valence-electron chi connectivity index (χ0n) is 14.5. The summed E-state index contributed by atoms with van der Waals surface area (Å²) in [6.07, 6.45) is 0. The number of rotatable bonds is 6. The normalized spacial score (nSPS) is 11.5. The molecule has 0 unspecified atom stereocenters. The molecule has 26 heavy (non-hydrogen) atoms. The molecule has 0 aliphatic heterocycles. The maximum atomic E-state index is 4.70. The summed E-state index contributed by atoms with van der Waals surface area (Å²) in [5.74, 6) is 1.68. The van der Waals surface area contributed by atoms with Gasteiger partial charge in [0, 0.05) is 10.9 Å². The van der Waals surface area contributed by atoms with Gasteiger partial charge in [-0.2, -0.15) is 0 Å². The number of thioether (sulfide) groups is 2.